The van der Waals surface area contributed by atoms with Crippen LogP contribution in [0.1, 0.15) is 57.9 Å². The summed E-state index contributed by atoms with van der Waals surface area (Å²) < 4.78 is 43.3. The molecular formula is C28H35FN2O4S. The SMILES string of the molecule is CC(C)CN(Cc1ccc(OS(=O)(=O)c2ccc(F)cc2)cc1)C(=O)NC12CC3CC(CC(C3)C1)C2. The minimum absolute atomic E-state index is 0.00939. The van der Waals surface area contributed by atoms with Crippen LogP contribution in [-0.4, -0.2) is 31.4 Å². The molecule has 4 saturated carbocycles. The maximum atomic E-state index is 13.5. The monoisotopic (exact) mass is 514 g/mol. The number of rotatable bonds is 8. The van der Waals surface area contributed by atoms with Crippen molar-refractivity contribution < 1.29 is 21.8 Å². The van der Waals surface area contributed by atoms with E-state index in [1.807, 2.05) is 4.90 Å². The van der Waals surface area contributed by atoms with E-state index in [9.17, 15) is 17.6 Å². The maximum absolute atomic E-state index is 13.5. The van der Waals surface area contributed by atoms with Crippen molar-refractivity contribution in [2.24, 2.45) is 23.7 Å². The first-order valence-corrected chi connectivity index (χ1v) is 14.4. The van der Waals surface area contributed by atoms with Crippen LogP contribution in [0.4, 0.5) is 9.18 Å². The molecule has 36 heavy (non-hydrogen) atoms. The molecule has 0 saturated heterocycles. The fourth-order valence-electron chi connectivity index (χ4n) is 6.88. The number of benzene rings is 2. The van der Waals surface area contributed by atoms with Crippen molar-refractivity contribution in [1.29, 1.82) is 0 Å². The quantitative estimate of drug-likeness (QED) is 0.457. The third-order valence-electron chi connectivity index (χ3n) is 7.89. The molecule has 0 aliphatic heterocycles. The third-order valence-corrected chi connectivity index (χ3v) is 9.15. The Labute approximate surface area is 213 Å². The number of carbonyl (C=O) groups excluding carboxylic acids is 1. The number of amides is 2. The van der Waals surface area contributed by atoms with Gasteiger partial charge >= 0.3 is 16.1 Å². The second kappa shape index (κ2) is 9.69. The standard InChI is InChI=1S/C28H35FN2O4S/c1-19(2)17-31(27(32)30-28-14-21-11-22(15-28)13-23(12-21)16-28)18-20-3-7-25(8-4-20)35-36(33,34)26-9-5-24(29)6-10-26/h3-10,19,21-23H,11-18H2,1-2H3,(H,30,32). The first-order valence-electron chi connectivity index (χ1n) is 13.0. The molecule has 6 nitrogen and oxygen atoms in total. The first kappa shape index (κ1) is 25.1. The third kappa shape index (κ3) is 5.53. The van der Waals surface area contributed by atoms with Gasteiger partial charge in [0.15, 0.2) is 0 Å². The Balaban J connectivity index is 1.25. The second-order valence-electron chi connectivity index (χ2n) is 11.5. The Morgan fingerprint density at radius 1 is 1.00 bits per heavy atom. The largest absolute Gasteiger partial charge is 0.379 e. The number of nitrogens with zero attached hydrogens (tertiary/aromatic N) is 1. The fourth-order valence-corrected chi connectivity index (χ4v) is 7.81. The fraction of sp³-hybridized carbons (Fsp3) is 0.536. The number of hydrogen-bond donors (Lipinski definition) is 1. The van der Waals surface area contributed by atoms with Gasteiger partial charge in [0.25, 0.3) is 0 Å². The van der Waals surface area contributed by atoms with E-state index in [4.69, 9.17) is 4.18 Å². The molecule has 0 aromatic heterocycles. The van der Waals surface area contributed by atoms with Crippen LogP contribution in [0.25, 0.3) is 0 Å². The van der Waals surface area contributed by atoms with E-state index in [0.717, 1.165) is 54.7 Å². The molecule has 0 radical (unpaired) electrons. The second-order valence-corrected chi connectivity index (χ2v) is 13.1. The van der Waals surface area contributed by atoms with Crippen LogP contribution in [0.2, 0.25) is 0 Å². The molecular weight excluding hydrogens is 479 g/mol. The number of nitrogens with one attached hydrogen (secondary N) is 1. The van der Waals surface area contributed by atoms with Crippen molar-refractivity contribution in [1.82, 2.24) is 10.2 Å². The van der Waals surface area contributed by atoms with Gasteiger partial charge in [-0.2, -0.15) is 8.42 Å². The van der Waals surface area contributed by atoms with E-state index in [-0.39, 0.29) is 22.2 Å². The zero-order valence-corrected chi connectivity index (χ0v) is 21.8. The summed E-state index contributed by atoms with van der Waals surface area (Å²) in [4.78, 5) is 15.2. The van der Waals surface area contributed by atoms with Crippen molar-refractivity contribution in [3.05, 3.63) is 59.9 Å². The molecule has 0 unspecified atom stereocenters. The minimum atomic E-state index is -4.06. The molecule has 4 aliphatic carbocycles. The van der Waals surface area contributed by atoms with Crippen molar-refractivity contribution in [3.63, 3.8) is 0 Å². The number of halogens is 1. The van der Waals surface area contributed by atoms with Crippen LogP contribution >= 0.6 is 0 Å². The summed E-state index contributed by atoms with van der Waals surface area (Å²) in [6, 6.07) is 11.2. The topological polar surface area (TPSA) is 75.7 Å². The molecule has 0 atom stereocenters. The Kier molecular flexibility index (Phi) is 6.74. The molecule has 8 heteroatoms. The van der Waals surface area contributed by atoms with Crippen molar-refractivity contribution in [2.75, 3.05) is 6.54 Å². The highest BCUT2D eigenvalue weighted by Gasteiger charge is 2.51. The molecule has 4 bridgehead atoms. The first-order chi connectivity index (χ1) is 17.1. The van der Waals surface area contributed by atoms with E-state index >= 15 is 0 Å². The molecule has 2 aromatic rings. The predicted molar refractivity (Wildman–Crippen MR) is 135 cm³/mol. The molecule has 6 rings (SSSR count). The van der Waals surface area contributed by atoms with Crippen LogP contribution in [0.15, 0.2) is 53.4 Å². The molecule has 0 heterocycles. The molecule has 2 aromatic carbocycles. The zero-order chi connectivity index (χ0) is 25.5. The van der Waals surface area contributed by atoms with Crippen LogP contribution in [0.3, 0.4) is 0 Å². The number of hydrogen-bond acceptors (Lipinski definition) is 4. The van der Waals surface area contributed by atoms with Crippen LogP contribution in [0.5, 0.6) is 5.75 Å². The van der Waals surface area contributed by atoms with Gasteiger partial charge in [0.2, 0.25) is 0 Å². The number of carbonyl (C=O) groups is 1. The van der Waals surface area contributed by atoms with Crippen LogP contribution in [0, 0.1) is 29.5 Å². The lowest BCUT2D eigenvalue weighted by molar-refractivity contribution is -0.0160. The summed E-state index contributed by atoms with van der Waals surface area (Å²) in [5, 5.41) is 3.47. The van der Waals surface area contributed by atoms with Crippen LogP contribution in [-0.2, 0) is 16.7 Å². The van der Waals surface area contributed by atoms with Crippen molar-refractivity contribution in [3.8, 4) is 5.75 Å². The summed E-state index contributed by atoms with van der Waals surface area (Å²) in [5.74, 6) is 2.24. The summed E-state index contributed by atoms with van der Waals surface area (Å²) in [6.45, 7) is 5.27. The summed E-state index contributed by atoms with van der Waals surface area (Å²) in [6.07, 6.45) is 7.31. The lowest BCUT2D eigenvalue weighted by Crippen LogP contribution is -2.62. The summed E-state index contributed by atoms with van der Waals surface area (Å²) in [5.41, 5.74) is 0.843. The minimum Gasteiger partial charge on any atom is -0.379 e. The van der Waals surface area contributed by atoms with Crippen molar-refractivity contribution in [2.45, 2.75) is 69.4 Å². The van der Waals surface area contributed by atoms with E-state index in [2.05, 4.69) is 19.2 Å². The van der Waals surface area contributed by atoms with Gasteiger partial charge < -0.3 is 14.4 Å². The highest BCUT2D eigenvalue weighted by atomic mass is 32.2. The Morgan fingerprint density at radius 2 is 1.56 bits per heavy atom. The van der Waals surface area contributed by atoms with Gasteiger partial charge in [0.1, 0.15) is 16.5 Å². The van der Waals surface area contributed by atoms with Gasteiger partial charge in [-0.3, -0.25) is 0 Å². The van der Waals surface area contributed by atoms with Crippen LogP contribution < -0.4 is 9.50 Å². The van der Waals surface area contributed by atoms with E-state index in [1.54, 1.807) is 24.3 Å². The average molecular weight is 515 g/mol. The van der Waals surface area contributed by atoms with Gasteiger partial charge in [-0.15, -0.1) is 0 Å². The lowest BCUT2D eigenvalue weighted by atomic mass is 9.53. The van der Waals surface area contributed by atoms with Crippen molar-refractivity contribution >= 4 is 16.1 Å². The highest BCUT2D eigenvalue weighted by molar-refractivity contribution is 7.87. The molecule has 1 N–H and O–H groups in total. The molecule has 2 amide bonds. The Hall–Kier alpha value is -2.61. The normalized spacial score (nSPS) is 26.7. The number of urea groups is 1. The Morgan fingerprint density at radius 3 is 2.08 bits per heavy atom. The lowest BCUT2D eigenvalue weighted by Gasteiger charge is -2.57. The predicted octanol–water partition coefficient (Wildman–Crippen LogP) is 5.73. The van der Waals surface area contributed by atoms with E-state index in [1.165, 1.54) is 31.4 Å². The van der Waals surface area contributed by atoms with E-state index < -0.39 is 15.9 Å². The maximum Gasteiger partial charge on any atom is 0.339 e. The average Bonchev–Trinajstić information content (AvgIpc) is 2.78. The van der Waals surface area contributed by atoms with Gasteiger partial charge in [-0.1, -0.05) is 26.0 Å². The summed E-state index contributed by atoms with van der Waals surface area (Å²) >= 11 is 0. The molecule has 194 valence electrons. The molecule has 0 spiro atoms. The van der Waals surface area contributed by atoms with Gasteiger partial charge in [-0.25, -0.2) is 9.18 Å². The zero-order valence-electron chi connectivity index (χ0n) is 21.0. The van der Waals surface area contributed by atoms with Gasteiger partial charge in [0.05, 0.1) is 0 Å². The Bertz CT molecular complexity index is 1160. The summed E-state index contributed by atoms with van der Waals surface area (Å²) in [7, 11) is -4.06. The molecule has 4 fully saturated rings. The van der Waals surface area contributed by atoms with E-state index in [0.29, 0.717) is 19.0 Å². The van der Waals surface area contributed by atoms with Gasteiger partial charge in [0, 0.05) is 18.6 Å². The highest BCUT2D eigenvalue weighted by Crippen LogP contribution is 2.55. The van der Waals surface area contributed by atoms with Gasteiger partial charge in [-0.05, 0) is 104 Å². The molecule has 4 aliphatic rings. The smallest absolute Gasteiger partial charge is 0.339 e.